The Kier molecular flexibility index (Phi) is 2.57. The van der Waals surface area contributed by atoms with Gasteiger partial charge in [0.15, 0.2) is 0 Å². The van der Waals surface area contributed by atoms with Gasteiger partial charge in [0.1, 0.15) is 0 Å². The highest BCUT2D eigenvalue weighted by Crippen LogP contribution is 1.98. The van der Waals surface area contributed by atoms with Crippen LogP contribution < -0.4 is 11.5 Å². The van der Waals surface area contributed by atoms with Crippen molar-refractivity contribution in [3.8, 4) is 0 Å². The van der Waals surface area contributed by atoms with Crippen LogP contribution >= 0.6 is 0 Å². The smallest absolute Gasteiger partial charge is 0.351 e. The first-order chi connectivity index (χ1) is 4.00. The Labute approximate surface area is 52.3 Å². The SMILES string of the molecule is NCC[C@@](N)(O)C(=O)O. The molecule has 6 N–H and O–H groups in total. The second kappa shape index (κ2) is 2.77. The molecule has 0 unspecified atom stereocenters. The van der Waals surface area contributed by atoms with Crippen LogP contribution in [0.25, 0.3) is 0 Å². The molecule has 0 aliphatic heterocycles. The molecule has 54 valence electrons. The highest BCUT2D eigenvalue weighted by atomic mass is 16.4. The third-order valence-corrected chi connectivity index (χ3v) is 0.896. The summed E-state index contributed by atoms with van der Waals surface area (Å²) in [6, 6.07) is 0. The van der Waals surface area contributed by atoms with E-state index in [2.05, 4.69) is 0 Å². The number of hydrogen-bond donors (Lipinski definition) is 4. The van der Waals surface area contributed by atoms with Gasteiger partial charge in [-0.05, 0) is 6.54 Å². The molecule has 5 heteroatoms. The fourth-order valence-corrected chi connectivity index (χ4v) is 0.327. The van der Waals surface area contributed by atoms with Crippen molar-refractivity contribution in [3.05, 3.63) is 0 Å². The maximum Gasteiger partial charge on any atom is 0.351 e. The molecule has 0 heterocycles. The molecule has 0 rings (SSSR count). The van der Waals surface area contributed by atoms with Crippen LogP contribution in [0.2, 0.25) is 0 Å². The maximum atomic E-state index is 9.98. The highest BCUT2D eigenvalue weighted by molar-refractivity contribution is 5.76. The number of carbonyl (C=O) groups is 1. The van der Waals surface area contributed by atoms with E-state index in [1.807, 2.05) is 0 Å². The van der Waals surface area contributed by atoms with E-state index in [-0.39, 0.29) is 13.0 Å². The molecule has 0 aromatic rings. The highest BCUT2D eigenvalue weighted by Gasteiger charge is 2.29. The van der Waals surface area contributed by atoms with Crippen molar-refractivity contribution in [1.82, 2.24) is 0 Å². The monoisotopic (exact) mass is 134 g/mol. The van der Waals surface area contributed by atoms with Gasteiger partial charge in [0.05, 0.1) is 0 Å². The first-order valence-corrected chi connectivity index (χ1v) is 2.45. The van der Waals surface area contributed by atoms with Gasteiger partial charge >= 0.3 is 5.97 Å². The second-order valence-corrected chi connectivity index (χ2v) is 1.77. The number of rotatable bonds is 3. The molecule has 0 amide bonds. The Morgan fingerprint density at radius 2 is 2.11 bits per heavy atom. The van der Waals surface area contributed by atoms with Crippen LogP contribution in [0.5, 0.6) is 0 Å². The molecule has 0 bridgehead atoms. The topological polar surface area (TPSA) is 110 Å². The van der Waals surface area contributed by atoms with E-state index in [0.717, 1.165) is 0 Å². The third kappa shape index (κ3) is 2.41. The van der Waals surface area contributed by atoms with Gasteiger partial charge in [-0.25, -0.2) is 4.79 Å². The van der Waals surface area contributed by atoms with Crippen LogP contribution in [0.1, 0.15) is 6.42 Å². The molecule has 0 saturated heterocycles. The Morgan fingerprint density at radius 1 is 1.67 bits per heavy atom. The van der Waals surface area contributed by atoms with Crippen molar-refractivity contribution >= 4 is 5.97 Å². The van der Waals surface area contributed by atoms with Crippen molar-refractivity contribution in [2.24, 2.45) is 11.5 Å². The van der Waals surface area contributed by atoms with Gasteiger partial charge in [-0.1, -0.05) is 0 Å². The van der Waals surface area contributed by atoms with Crippen LogP contribution in [0.15, 0.2) is 0 Å². The average molecular weight is 134 g/mol. The number of carboxylic acid groups (broad SMARTS) is 1. The fourth-order valence-electron chi connectivity index (χ4n) is 0.327. The number of hydrogen-bond acceptors (Lipinski definition) is 4. The minimum Gasteiger partial charge on any atom is -0.478 e. The molecular formula is C4H10N2O3. The third-order valence-electron chi connectivity index (χ3n) is 0.896. The van der Waals surface area contributed by atoms with E-state index >= 15 is 0 Å². The molecule has 0 aromatic carbocycles. The summed E-state index contributed by atoms with van der Waals surface area (Å²) in [5.41, 5.74) is 7.64. The molecule has 1 atom stereocenters. The summed E-state index contributed by atoms with van der Waals surface area (Å²) in [7, 11) is 0. The van der Waals surface area contributed by atoms with Gasteiger partial charge in [0.25, 0.3) is 0 Å². The molecule has 0 radical (unpaired) electrons. The van der Waals surface area contributed by atoms with E-state index in [0.29, 0.717) is 0 Å². The van der Waals surface area contributed by atoms with Crippen molar-refractivity contribution in [2.75, 3.05) is 6.54 Å². The zero-order chi connectivity index (χ0) is 7.49. The van der Waals surface area contributed by atoms with Crippen LogP contribution in [0.4, 0.5) is 0 Å². The number of carboxylic acids is 1. The molecule has 0 spiro atoms. The minimum absolute atomic E-state index is 0.0549. The summed E-state index contributed by atoms with van der Waals surface area (Å²) in [5, 5.41) is 16.8. The summed E-state index contributed by atoms with van der Waals surface area (Å²) in [6.45, 7) is 0.0549. The Morgan fingerprint density at radius 3 is 2.22 bits per heavy atom. The normalized spacial score (nSPS) is 16.8. The van der Waals surface area contributed by atoms with Gasteiger partial charge in [0.2, 0.25) is 5.72 Å². The van der Waals surface area contributed by atoms with Crippen LogP contribution in [0.3, 0.4) is 0 Å². The van der Waals surface area contributed by atoms with Crippen LogP contribution in [-0.4, -0.2) is 28.5 Å². The predicted octanol–water partition coefficient (Wildman–Crippen LogP) is -1.93. The maximum absolute atomic E-state index is 9.98. The van der Waals surface area contributed by atoms with E-state index in [1.54, 1.807) is 0 Å². The lowest BCUT2D eigenvalue weighted by Crippen LogP contribution is -2.49. The lowest BCUT2D eigenvalue weighted by molar-refractivity contribution is -0.158. The first kappa shape index (κ1) is 8.35. The molecule has 0 aromatic heterocycles. The van der Waals surface area contributed by atoms with Crippen LogP contribution in [-0.2, 0) is 4.79 Å². The Hall–Kier alpha value is -0.650. The Bertz CT molecular complexity index is 112. The zero-order valence-electron chi connectivity index (χ0n) is 4.87. The molecule has 0 aliphatic rings. The van der Waals surface area contributed by atoms with Crippen molar-refractivity contribution in [2.45, 2.75) is 12.1 Å². The van der Waals surface area contributed by atoms with Crippen molar-refractivity contribution < 1.29 is 15.0 Å². The quantitative estimate of drug-likeness (QED) is 0.336. The van der Waals surface area contributed by atoms with E-state index < -0.39 is 11.7 Å². The lowest BCUT2D eigenvalue weighted by atomic mass is 10.2. The van der Waals surface area contributed by atoms with E-state index in [1.165, 1.54) is 0 Å². The molecule has 0 saturated carbocycles. The summed E-state index contributed by atoms with van der Waals surface area (Å²) in [5.74, 6) is -1.45. The Balaban J connectivity index is 3.85. The minimum atomic E-state index is -2.16. The molecule has 0 fully saturated rings. The summed E-state index contributed by atoms with van der Waals surface area (Å²) in [4.78, 5) is 9.98. The lowest BCUT2D eigenvalue weighted by Gasteiger charge is -2.15. The second-order valence-electron chi connectivity index (χ2n) is 1.77. The van der Waals surface area contributed by atoms with Crippen molar-refractivity contribution in [1.29, 1.82) is 0 Å². The average Bonchev–Trinajstić information content (AvgIpc) is 1.65. The molecule has 5 nitrogen and oxygen atoms in total. The number of aliphatic carboxylic acids is 1. The standard InChI is InChI=1S/C4H10N2O3/c5-2-1-4(6,9)3(7)8/h9H,1-2,5-6H2,(H,7,8)/t4-/m1/s1. The van der Waals surface area contributed by atoms with Crippen molar-refractivity contribution in [3.63, 3.8) is 0 Å². The summed E-state index contributed by atoms with van der Waals surface area (Å²) < 4.78 is 0. The zero-order valence-corrected chi connectivity index (χ0v) is 4.87. The molecular weight excluding hydrogens is 124 g/mol. The van der Waals surface area contributed by atoms with Crippen LogP contribution in [0, 0.1) is 0 Å². The van der Waals surface area contributed by atoms with Gasteiger partial charge in [0, 0.05) is 6.42 Å². The van der Waals surface area contributed by atoms with Gasteiger partial charge in [-0.2, -0.15) is 0 Å². The van der Waals surface area contributed by atoms with Gasteiger partial charge < -0.3 is 15.9 Å². The van der Waals surface area contributed by atoms with Gasteiger partial charge in [-0.3, -0.25) is 5.73 Å². The van der Waals surface area contributed by atoms with E-state index in [9.17, 15) is 4.79 Å². The molecule has 9 heavy (non-hydrogen) atoms. The number of nitrogens with two attached hydrogens (primary N) is 2. The van der Waals surface area contributed by atoms with Gasteiger partial charge in [-0.15, -0.1) is 0 Å². The molecule has 0 aliphatic carbocycles. The number of aliphatic hydroxyl groups is 1. The summed E-state index contributed by atoms with van der Waals surface area (Å²) >= 11 is 0. The first-order valence-electron chi connectivity index (χ1n) is 2.45. The largest absolute Gasteiger partial charge is 0.478 e. The van der Waals surface area contributed by atoms with E-state index in [4.69, 9.17) is 21.7 Å². The predicted molar refractivity (Wildman–Crippen MR) is 30.4 cm³/mol. The fraction of sp³-hybridized carbons (Fsp3) is 0.750. The summed E-state index contributed by atoms with van der Waals surface area (Å²) in [6.07, 6.45) is -0.137.